The summed E-state index contributed by atoms with van der Waals surface area (Å²) in [4.78, 5) is 15.3. The highest BCUT2D eigenvalue weighted by atomic mass is 35.5. The molecule has 3 aromatic carbocycles. The maximum atomic E-state index is 10.9. The molecule has 1 heterocycles. The molecular formula is C24H21ClN2O5. The number of oxazole rings is 1. The molecule has 0 aliphatic rings. The van der Waals surface area contributed by atoms with Gasteiger partial charge in [-0.1, -0.05) is 35.9 Å². The van der Waals surface area contributed by atoms with E-state index in [1.54, 1.807) is 12.1 Å². The van der Waals surface area contributed by atoms with E-state index in [2.05, 4.69) is 10.3 Å². The summed E-state index contributed by atoms with van der Waals surface area (Å²) >= 11 is 6.17. The third-order valence-corrected chi connectivity index (χ3v) is 4.90. The van der Waals surface area contributed by atoms with E-state index in [0.29, 0.717) is 34.6 Å². The number of ether oxygens (including phenoxy) is 2. The number of fused-ring (bicyclic) bond motifs is 1. The number of aryl methyl sites for hydroxylation is 1. The van der Waals surface area contributed by atoms with Gasteiger partial charge in [0.2, 0.25) is 0 Å². The Bertz CT molecular complexity index is 1220. The molecule has 4 aromatic rings. The summed E-state index contributed by atoms with van der Waals surface area (Å²) in [6.07, 6.45) is 0. The summed E-state index contributed by atoms with van der Waals surface area (Å²) in [5.41, 5.74) is 3.92. The quantitative estimate of drug-likeness (QED) is 0.349. The molecule has 1 aromatic heterocycles. The van der Waals surface area contributed by atoms with E-state index in [1.165, 1.54) is 0 Å². The van der Waals surface area contributed by atoms with Gasteiger partial charge in [0.15, 0.2) is 12.2 Å². The smallest absolute Gasteiger partial charge is 0.341 e. The summed E-state index contributed by atoms with van der Waals surface area (Å²) in [6.45, 7) is 2.06. The van der Waals surface area contributed by atoms with Gasteiger partial charge in [0.25, 0.3) is 6.01 Å². The maximum absolute atomic E-state index is 10.9. The fourth-order valence-electron chi connectivity index (χ4n) is 3.28. The summed E-state index contributed by atoms with van der Waals surface area (Å²) < 4.78 is 17.1. The Kier molecular flexibility index (Phi) is 6.47. The molecule has 0 atom stereocenters. The molecule has 0 saturated carbocycles. The van der Waals surface area contributed by atoms with E-state index in [0.717, 1.165) is 22.2 Å². The van der Waals surface area contributed by atoms with Gasteiger partial charge in [-0.2, -0.15) is 4.98 Å². The Labute approximate surface area is 189 Å². The van der Waals surface area contributed by atoms with Crippen molar-refractivity contribution in [2.24, 2.45) is 0 Å². The number of carboxylic acids is 1. The third-order valence-electron chi connectivity index (χ3n) is 4.69. The van der Waals surface area contributed by atoms with Crippen LogP contribution in [0, 0.1) is 6.92 Å². The molecule has 164 valence electrons. The molecule has 0 unspecified atom stereocenters. The lowest BCUT2D eigenvalue weighted by molar-refractivity contribution is -0.139. The number of nitrogens with zero attached hydrogens (tertiary/aromatic N) is 1. The lowest BCUT2D eigenvalue weighted by Crippen LogP contribution is -2.12. The topological polar surface area (TPSA) is 93.8 Å². The molecule has 0 fully saturated rings. The number of carbonyl (C=O) groups is 1. The fraction of sp³-hybridized carbons (Fsp3) is 0.167. The third kappa shape index (κ3) is 5.31. The Morgan fingerprint density at radius 1 is 1.12 bits per heavy atom. The molecule has 0 radical (unpaired) electrons. The number of para-hydroxylation sites is 2. The van der Waals surface area contributed by atoms with Crippen molar-refractivity contribution < 1.29 is 23.8 Å². The van der Waals surface area contributed by atoms with Crippen LogP contribution in [0.3, 0.4) is 0 Å². The van der Waals surface area contributed by atoms with E-state index >= 15 is 0 Å². The average Bonchev–Trinajstić information content (AvgIpc) is 3.18. The van der Waals surface area contributed by atoms with Crippen LogP contribution in [-0.2, 0) is 17.9 Å². The van der Waals surface area contributed by atoms with Crippen molar-refractivity contribution in [3.05, 3.63) is 82.4 Å². The fourth-order valence-corrected chi connectivity index (χ4v) is 3.57. The Morgan fingerprint density at radius 2 is 1.97 bits per heavy atom. The highest BCUT2D eigenvalue weighted by molar-refractivity contribution is 6.30. The predicted octanol–water partition coefficient (Wildman–Crippen LogP) is 5.44. The molecule has 0 aliphatic heterocycles. The van der Waals surface area contributed by atoms with Crippen LogP contribution in [0.4, 0.5) is 6.01 Å². The predicted molar refractivity (Wildman–Crippen MR) is 121 cm³/mol. The SMILES string of the molecule is Cc1cc(Cl)cc(COc2cccc(CNc3nc4ccccc4o3)c2)c1OCC(=O)O. The first-order chi connectivity index (χ1) is 15.5. The van der Waals surface area contributed by atoms with Gasteiger partial charge >= 0.3 is 5.97 Å². The van der Waals surface area contributed by atoms with Crippen molar-refractivity contribution in [1.29, 1.82) is 0 Å². The van der Waals surface area contributed by atoms with Crippen molar-refractivity contribution in [3.8, 4) is 11.5 Å². The molecule has 0 bridgehead atoms. The van der Waals surface area contributed by atoms with Crippen molar-refractivity contribution in [2.75, 3.05) is 11.9 Å². The van der Waals surface area contributed by atoms with Gasteiger partial charge in [0, 0.05) is 17.1 Å². The first kappa shape index (κ1) is 21.5. The zero-order chi connectivity index (χ0) is 22.5. The van der Waals surface area contributed by atoms with Gasteiger partial charge in [0.05, 0.1) is 0 Å². The molecule has 0 amide bonds. The minimum atomic E-state index is -1.05. The zero-order valence-corrected chi connectivity index (χ0v) is 18.1. The molecule has 8 heteroatoms. The van der Waals surface area contributed by atoms with E-state index in [-0.39, 0.29) is 6.61 Å². The molecule has 4 rings (SSSR count). The maximum Gasteiger partial charge on any atom is 0.341 e. The lowest BCUT2D eigenvalue weighted by atomic mass is 10.1. The van der Waals surface area contributed by atoms with Crippen LogP contribution in [0.15, 0.2) is 65.1 Å². The number of rotatable bonds is 9. The van der Waals surface area contributed by atoms with Crippen LogP contribution in [0.1, 0.15) is 16.7 Å². The number of aromatic nitrogens is 1. The van der Waals surface area contributed by atoms with Gasteiger partial charge in [-0.25, -0.2) is 4.79 Å². The van der Waals surface area contributed by atoms with Crippen LogP contribution < -0.4 is 14.8 Å². The van der Waals surface area contributed by atoms with Crippen LogP contribution in [0.2, 0.25) is 5.02 Å². The number of hydrogen-bond acceptors (Lipinski definition) is 6. The average molecular weight is 453 g/mol. The van der Waals surface area contributed by atoms with E-state index < -0.39 is 12.6 Å². The molecular weight excluding hydrogens is 432 g/mol. The zero-order valence-electron chi connectivity index (χ0n) is 17.3. The van der Waals surface area contributed by atoms with Gasteiger partial charge in [-0.15, -0.1) is 0 Å². The second kappa shape index (κ2) is 9.62. The molecule has 0 aliphatic carbocycles. The standard InChI is InChI=1S/C24H21ClN2O5/c1-15-9-18(25)11-17(23(15)31-14-22(28)29)13-30-19-6-4-5-16(10-19)12-26-24-27-20-7-2-3-8-21(20)32-24/h2-11H,12-14H2,1H3,(H,26,27)(H,28,29). The minimum Gasteiger partial charge on any atom is -0.489 e. The lowest BCUT2D eigenvalue weighted by Gasteiger charge is -2.15. The van der Waals surface area contributed by atoms with E-state index in [4.69, 9.17) is 30.6 Å². The Morgan fingerprint density at radius 3 is 2.78 bits per heavy atom. The van der Waals surface area contributed by atoms with Crippen molar-refractivity contribution in [3.63, 3.8) is 0 Å². The summed E-state index contributed by atoms with van der Waals surface area (Å²) in [7, 11) is 0. The molecule has 32 heavy (non-hydrogen) atoms. The highest BCUT2D eigenvalue weighted by Crippen LogP contribution is 2.29. The van der Waals surface area contributed by atoms with Gasteiger partial charge in [-0.05, 0) is 54.4 Å². The van der Waals surface area contributed by atoms with E-state index in [9.17, 15) is 4.79 Å². The summed E-state index contributed by atoms with van der Waals surface area (Å²) in [6, 6.07) is 19.1. The number of halogens is 1. The van der Waals surface area contributed by atoms with Gasteiger partial charge in [0.1, 0.15) is 23.6 Å². The number of carboxylic acid groups (broad SMARTS) is 1. The first-order valence-corrected chi connectivity index (χ1v) is 10.3. The minimum absolute atomic E-state index is 0.179. The van der Waals surface area contributed by atoms with Gasteiger partial charge in [-0.3, -0.25) is 0 Å². The molecule has 7 nitrogen and oxygen atoms in total. The van der Waals surface area contributed by atoms with Gasteiger partial charge < -0.3 is 24.3 Å². The second-order valence-corrected chi connectivity index (χ2v) is 7.61. The molecule has 2 N–H and O–H groups in total. The highest BCUT2D eigenvalue weighted by Gasteiger charge is 2.12. The first-order valence-electron chi connectivity index (χ1n) is 9.93. The van der Waals surface area contributed by atoms with Crippen LogP contribution in [-0.4, -0.2) is 22.7 Å². The summed E-state index contributed by atoms with van der Waals surface area (Å²) in [5, 5.41) is 12.6. The van der Waals surface area contributed by atoms with Crippen LogP contribution in [0.5, 0.6) is 11.5 Å². The number of aliphatic carboxylic acids is 1. The van der Waals surface area contributed by atoms with Crippen molar-refractivity contribution >= 4 is 34.7 Å². The number of nitrogens with one attached hydrogen (secondary N) is 1. The van der Waals surface area contributed by atoms with Crippen LogP contribution in [0.25, 0.3) is 11.1 Å². The number of anilines is 1. The largest absolute Gasteiger partial charge is 0.489 e. The van der Waals surface area contributed by atoms with E-state index in [1.807, 2.05) is 55.5 Å². The van der Waals surface area contributed by atoms with Crippen LogP contribution >= 0.6 is 11.6 Å². The summed E-state index contributed by atoms with van der Waals surface area (Å²) in [5.74, 6) is 0.0691. The normalized spacial score (nSPS) is 10.8. The number of benzene rings is 3. The monoisotopic (exact) mass is 452 g/mol. The van der Waals surface area contributed by atoms with Crippen molar-refractivity contribution in [1.82, 2.24) is 4.98 Å². The molecule has 0 spiro atoms. The van der Waals surface area contributed by atoms with Crippen molar-refractivity contribution in [2.45, 2.75) is 20.1 Å². The second-order valence-electron chi connectivity index (χ2n) is 7.17. The Hall–Kier alpha value is -3.71. The Balaban J connectivity index is 1.42. The number of hydrogen-bond donors (Lipinski definition) is 2. The molecule has 0 saturated heterocycles.